The van der Waals surface area contributed by atoms with Gasteiger partial charge in [0, 0.05) is 6.42 Å². The molecule has 3 N–H and O–H groups in total. The van der Waals surface area contributed by atoms with Crippen LogP contribution in [0.4, 0.5) is 4.79 Å². The molecule has 0 heterocycles. The molecule has 0 spiro atoms. The number of carbonyl (C=O) groups excluding carboxylic acids is 1. The van der Waals surface area contributed by atoms with Crippen LogP contribution < -0.4 is 5.32 Å². The van der Waals surface area contributed by atoms with Crippen molar-refractivity contribution in [3.8, 4) is 5.75 Å². The summed E-state index contributed by atoms with van der Waals surface area (Å²) in [6, 6.07) is 2.27. The lowest BCUT2D eigenvalue weighted by Crippen LogP contribution is -2.44. The van der Waals surface area contributed by atoms with Gasteiger partial charge in [-0.2, -0.15) is 0 Å². The van der Waals surface area contributed by atoms with Crippen LogP contribution in [-0.2, 0) is 16.0 Å². The molecule has 1 atom stereocenters. The minimum Gasteiger partial charge on any atom is -0.506 e. The molecule has 0 fully saturated rings. The average molecular weight is 533 g/mol. The van der Waals surface area contributed by atoms with E-state index < -0.39 is 23.7 Å². The van der Waals surface area contributed by atoms with Gasteiger partial charge in [-0.1, -0.05) is 0 Å². The maximum atomic E-state index is 11.7. The molecule has 0 aromatic heterocycles. The Bertz CT molecular complexity index is 560. The smallest absolute Gasteiger partial charge is 0.408 e. The van der Waals surface area contributed by atoms with Gasteiger partial charge in [0.25, 0.3) is 0 Å². The number of carboxylic acid groups (broad SMARTS) is 1. The summed E-state index contributed by atoms with van der Waals surface area (Å²) in [6.07, 6.45) is -0.677. The quantitative estimate of drug-likeness (QED) is 0.518. The Morgan fingerprint density at radius 3 is 2.18 bits per heavy atom. The van der Waals surface area contributed by atoms with Crippen molar-refractivity contribution >= 4 is 57.2 Å². The van der Waals surface area contributed by atoms with Crippen LogP contribution in [0, 0.1) is 7.14 Å². The van der Waals surface area contributed by atoms with Gasteiger partial charge in [-0.15, -0.1) is 0 Å². The van der Waals surface area contributed by atoms with Gasteiger partial charge < -0.3 is 20.3 Å². The summed E-state index contributed by atoms with van der Waals surface area (Å²) < 4.78 is 6.32. The molecule has 1 aromatic carbocycles. The molecule has 122 valence electrons. The standard InChI is InChI=1S/C14H17I2NO5/c1-14(2,3)22-13(21)17-10(12(19)20)6-7-4-8(15)11(18)9(16)5-7/h4-5,10,18H,6H2,1-3H3,(H,17,21)(H,19,20). The second-order valence-electron chi connectivity index (χ2n) is 5.65. The highest BCUT2D eigenvalue weighted by Gasteiger charge is 2.24. The minimum atomic E-state index is -1.15. The molecule has 1 aromatic rings. The van der Waals surface area contributed by atoms with Crippen molar-refractivity contribution in [1.82, 2.24) is 5.32 Å². The number of halogens is 2. The number of ether oxygens (including phenoxy) is 1. The topological polar surface area (TPSA) is 95.9 Å². The van der Waals surface area contributed by atoms with Crippen molar-refractivity contribution in [1.29, 1.82) is 0 Å². The van der Waals surface area contributed by atoms with Crippen molar-refractivity contribution in [2.24, 2.45) is 0 Å². The highest BCUT2D eigenvalue weighted by Crippen LogP contribution is 2.27. The van der Waals surface area contributed by atoms with Crippen LogP contribution in [0.25, 0.3) is 0 Å². The molecule has 0 aliphatic carbocycles. The number of phenols is 1. The van der Waals surface area contributed by atoms with E-state index in [9.17, 15) is 19.8 Å². The Morgan fingerprint density at radius 2 is 1.77 bits per heavy atom. The highest BCUT2D eigenvalue weighted by atomic mass is 127. The number of carbonyl (C=O) groups is 2. The van der Waals surface area contributed by atoms with Crippen LogP contribution in [0.1, 0.15) is 26.3 Å². The third-order valence-corrected chi connectivity index (χ3v) is 4.15. The Hall–Kier alpha value is -0.780. The zero-order valence-electron chi connectivity index (χ0n) is 12.3. The molecule has 0 radical (unpaired) electrons. The van der Waals surface area contributed by atoms with E-state index in [0.29, 0.717) is 12.7 Å². The SMILES string of the molecule is CC(C)(C)OC(=O)NC(Cc1cc(I)c(O)c(I)c1)C(=O)O. The number of amides is 1. The van der Waals surface area contributed by atoms with Gasteiger partial charge in [-0.25, -0.2) is 9.59 Å². The van der Waals surface area contributed by atoms with Crippen LogP contribution in [-0.4, -0.2) is 33.9 Å². The molecule has 0 saturated heterocycles. The number of nitrogens with one attached hydrogen (secondary N) is 1. The normalized spacial score (nSPS) is 12.6. The van der Waals surface area contributed by atoms with Gasteiger partial charge in [0.1, 0.15) is 17.4 Å². The third-order valence-electron chi connectivity index (χ3n) is 2.51. The number of carboxylic acids is 1. The largest absolute Gasteiger partial charge is 0.506 e. The van der Waals surface area contributed by atoms with E-state index in [1.165, 1.54) is 0 Å². The fourth-order valence-electron chi connectivity index (χ4n) is 1.62. The summed E-state index contributed by atoms with van der Waals surface area (Å²) in [4.78, 5) is 23.0. The van der Waals surface area contributed by atoms with Crippen molar-refractivity contribution in [3.63, 3.8) is 0 Å². The Morgan fingerprint density at radius 1 is 1.27 bits per heavy atom. The van der Waals surface area contributed by atoms with Gasteiger partial charge >= 0.3 is 12.1 Å². The first-order valence-corrected chi connectivity index (χ1v) is 8.54. The molecule has 1 rings (SSSR count). The summed E-state index contributed by atoms with van der Waals surface area (Å²) in [7, 11) is 0. The predicted molar refractivity (Wildman–Crippen MR) is 98.0 cm³/mol. The van der Waals surface area contributed by atoms with Crippen LogP contribution in [0.3, 0.4) is 0 Å². The first-order valence-electron chi connectivity index (χ1n) is 6.39. The molecule has 1 unspecified atom stereocenters. The molecular formula is C14H17I2NO5. The van der Waals surface area contributed by atoms with Gasteiger partial charge in [0.15, 0.2) is 0 Å². The Balaban J connectivity index is 2.85. The summed E-state index contributed by atoms with van der Waals surface area (Å²) in [5.41, 5.74) is 0.00577. The number of rotatable bonds is 4. The number of alkyl carbamates (subject to hydrolysis) is 1. The monoisotopic (exact) mass is 533 g/mol. The van der Waals surface area contributed by atoms with E-state index in [2.05, 4.69) is 5.32 Å². The number of benzene rings is 1. The van der Waals surface area contributed by atoms with Crippen molar-refractivity contribution < 1.29 is 24.5 Å². The highest BCUT2D eigenvalue weighted by molar-refractivity contribution is 14.1. The molecule has 0 aliphatic heterocycles. The van der Waals surface area contributed by atoms with Crippen molar-refractivity contribution in [3.05, 3.63) is 24.8 Å². The molecule has 0 aliphatic rings. The van der Waals surface area contributed by atoms with E-state index in [1.807, 2.05) is 45.2 Å². The number of aromatic hydroxyl groups is 1. The van der Waals surface area contributed by atoms with Gasteiger partial charge in [-0.05, 0) is 83.6 Å². The van der Waals surface area contributed by atoms with Crippen LogP contribution in [0.15, 0.2) is 12.1 Å². The van der Waals surface area contributed by atoms with E-state index >= 15 is 0 Å². The van der Waals surface area contributed by atoms with E-state index in [0.717, 1.165) is 0 Å². The second-order valence-corrected chi connectivity index (χ2v) is 7.97. The number of hydrogen-bond donors (Lipinski definition) is 3. The third kappa shape index (κ3) is 6.15. The summed E-state index contributed by atoms with van der Waals surface area (Å²) in [6.45, 7) is 5.10. The molecule has 22 heavy (non-hydrogen) atoms. The van der Waals surface area contributed by atoms with Crippen LogP contribution >= 0.6 is 45.2 Å². The fourth-order valence-corrected chi connectivity index (χ4v) is 3.52. The first-order chi connectivity index (χ1) is 9.99. The molecule has 8 heteroatoms. The summed E-state index contributed by atoms with van der Waals surface area (Å²) >= 11 is 3.94. The lowest BCUT2D eigenvalue weighted by atomic mass is 10.1. The first kappa shape index (κ1) is 19.3. The number of phenolic OH excluding ortho intramolecular Hbond substituents is 1. The Labute approximate surface area is 155 Å². The number of aliphatic carboxylic acids is 1. The molecule has 1 amide bonds. The molecule has 0 saturated carbocycles. The van der Waals surface area contributed by atoms with E-state index in [1.54, 1.807) is 32.9 Å². The van der Waals surface area contributed by atoms with Gasteiger partial charge in [0.05, 0.1) is 7.14 Å². The van der Waals surface area contributed by atoms with E-state index in [4.69, 9.17) is 4.74 Å². The van der Waals surface area contributed by atoms with Crippen molar-refractivity contribution in [2.45, 2.75) is 38.8 Å². The molecular weight excluding hydrogens is 516 g/mol. The Kier molecular flexibility index (Phi) is 6.71. The maximum Gasteiger partial charge on any atom is 0.408 e. The van der Waals surface area contributed by atoms with Crippen LogP contribution in [0.2, 0.25) is 0 Å². The van der Waals surface area contributed by atoms with Gasteiger partial charge in [-0.3, -0.25) is 0 Å². The van der Waals surface area contributed by atoms with Gasteiger partial charge in [0.2, 0.25) is 0 Å². The second kappa shape index (κ2) is 7.66. The predicted octanol–water partition coefficient (Wildman–Crippen LogP) is 3.12. The summed E-state index contributed by atoms with van der Waals surface area (Å²) in [5.74, 6) is -0.985. The van der Waals surface area contributed by atoms with E-state index in [-0.39, 0.29) is 12.2 Å². The zero-order chi connectivity index (χ0) is 17.1. The lowest BCUT2D eigenvalue weighted by molar-refractivity contribution is -0.139. The zero-order valence-corrected chi connectivity index (χ0v) is 16.6. The minimum absolute atomic E-state index is 0.0981. The van der Waals surface area contributed by atoms with Crippen LogP contribution in [0.5, 0.6) is 5.75 Å². The van der Waals surface area contributed by atoms with Crippen molar-refractivity contribution in [2.75, 3.05) is 0 Å². The average Bonchev–Trinajstić information content (AvgIpc) is 2.32. The fraction of sp³-hybridized carbons (Fsp3) is 0.429. The lowest BCUT2D eigenvalue weighted by Gasteiger charge is -2.22. The molecule has 0 bridgehead atoms. The molecule has 6 nitrogen and oxygen atoms in total. The maximum absolute atomic E-state index is 11.7. The summed E-state index contributed by atoms with van der Waals surface area (Å²) in [5, 5.41) is 21.3. The number of hydrogen-bond acceptors (Lipinski definition) is 4.